The number of carbonyl (C=O) groups is 1. The van der Waals surface area contributed by atoms with Crippen molar-refractivity contribution in [2.75, 3.05) is 20.7 Å². The number of hydrogen-bond donors (Lipinski definition) is 1. The standard InChI is InChI=1S/C16H20FN3O2/c1-5-22-16(21)13-10(2)18-19-15(13)14-11(9-20(3)4)7-6-8-12(14)17/h6-8H,5,9H2,1-4H3,(H,18,19). The molecule has 0 fully saturated rings. The van der Waals surface area contributed by atoms with Gasteiger partial charge in [0.15, 0.2) is 0 Å². The lowest BCUT2D eigenvalue weighted by molar-refractivity contribution is 0.0526. The van der Waals surface area contributed by atoms with Crippen LogP contribution >= 0.6 is 0 Å². The molecule has 0 aliphatic carbocycles. The molecular weight excluding hydrogens is 285 g/mol. The van der Waals surface area contributed by atoms with E-state index in [9.17, 15) is 9.18 Å². The van der Waals surface area contributed by atoms with Gasteiger partial charge in [-0.25, -0.2) is 9.18 Å². The SMILES string of the molecule is CCOC(=O)c1c(-c2c(F)cccc2CN(C)C)n[nH]c1C. The third-order valence-electron chi connectivity index (χ3n) is 3.25. The fourth-order valence-corrected chi connectivity index (χ4v) is 2.37. The minimum absolute atomic E-state index is 0.255. The van der Waals surface area contributed by atoms with Gasteiger partial charge in [-0.2, -0.15) is 5.10 Å². The maximum Gasteiger partial charge on any atom is 0.342 e. The highest BCUT2D eigenvalue weighted by atomic mass is 19.1. The molecule has 22 heavy (non-hydrogen) atoms. The Morgan fingerprint density at radius 3 is 2.77 bits per heavy atom. The highest BCUT2D eigenvalue weighted by molar-refractivity contribution is 5.97. The molecule has 0 spiro atoms. The lowest BCUT2D eigenvalue weighted by atomic mass is 9.99. The molecule has 6 heteroatoms. The number of carbonyl (C=O) groups excluding carboxylic acids is 1. The van der Waals surface area contributed by atoms with E-state index in [2.05, 4.69) is 10.2 Å². The number of aryl methyl sites for hydroxylation is 1. The zero-order chi connectivity index (χ0) is 16.3. The fraction of sp³-hybridized carbons (Fsp3) is 0.375. The molecule has 0 saturated carbocycles. The Balaban J connectivity index is 2.60. The van der Waals surface area contributed by atoms with Crippen LogP contribution in [0.15, 0.2) is 18.2 Å². The fourth-order valence-electron chi connectivity index (χ4n) is 2.37. The van der Waals surface area contributed by atoms with E-state index in [0.29, 0.717) is 23.5 Å². The Morgan fingerprint density at radius 2 is 2.14 bits per heavy atom. The molecule has 118 valence electrons. The van der Waals surface area contributed by atoms with Crippen molar-refractivity contribution in [1.82, 2.24) is 15.1 Å². The molecule has 5 nitrogen and oxygen atoms in total. The number of nitrogens with one attached hydrogen (secondary N) is 1. The molecule has 2 rings (SSSR count). The van der Waals surface area contributed by atoms with E-state index in [4.69, 9.17) is 4.74 Å². The third kappa shape index (κ3) is 3.17. The summed E-state index contributed by atoms with van der Waals surface area (Å²) in [4.78, 5) is 14.1. The molecule has 1 aromatic heterocycles. The van der Waals surface area contributed by atoms with Crippen LogP contribution < -0.4 is 0 Å². The maximum absolute atomic E-state index is 14.4. The molecule has 0 aliphatic rings. The van der Waals surface area contributed by atoms with E-state index in [1.807, 2.05) is 25.1 Å². The van der Waals surface area contributed by atoms with Crippen molar-refractivity contribution in [1.29, 1.82) is 0 Å². The van der Waals surface area contributed by atoms with E-state index in [1.165, 1.54) is 6.07 Å². The second kappa shape index (κ2) is 6.70. The highest BCUT2D eigenvalue weighted by Crippen LogP contribution is 2.30. The van der Waals surface area contributed by atoms with Gasteiger partial charge in [0.1, 0.15) is 17.1 Å². The van der Waals surface area contributed by atoms with Crippen LogP contribution in [0.4, 0.5) is 4.39 Å². The van der Waals surface area contributed by atoms with Crippen LogP contribution in [0.2, 0.25) is 0 Å². The summed E-state index contributed by atoms with van der Waals surface area (Å²) in [6.07, 6.45) is 0. The average molecular weight is 305 g/mol. The number of H-pyrrole nitrogens is 1. The number of benzene rings is 1. The summed E-state index contributed by atoms with van der Waals surface area (Å²) in [6, 6.07) is 4.85. The van der Waals surface area contributed by atoms with Crippen LogP contribution in [-0.4, -0.2) is 41.8 Å². The molecule has 2 aromatic rings. The van der Waals surface area contributed by atoms with Crippen molar-refractivity contribution in [2.24, 2.45) is 0 Å². The monoisotopic (exact) mass is 305 g/mol. The zero-order valence-corrected chi connectivity index (χ0v) is 13.2. The van der Waals surface area contributed by atoms with Gasteiger partial charge < -0.3 is 9.64 Å². The van der Waals surface area contributed by atoms with E-state index in [1.54, 1.807) is 19.9 Å². The number of ether oxygens (including phenoxy) is 1. The Kier molecular flexibility index (Phi) is 4.92. The van der Waals surface area contributed by atoms with E-state index < -0.39 is 11.8 Å². The van der Waals surface area contributed by atoms with Crippen molar-refractivity contribution >= 4 is 5.97 Å². The van der Waals surface area contributed by atoms with Crippen molar-refractivity contribution < 1.29 is 13.9 Å². The maximum atomic E-state index is 14.4. The van der Waals surface area contributed by atoms with Crippen molar-refractivity contribution in [3.63, 3.8) is 0 Å². The first-order chi connectivity index (χ1) is 10.5. The molecule has 0 radical (unpaired) electrons. The summed E-state index contributed by atoms with van der Waals surface area (Å²) < 4.78 is 19.5. The van der Waals surface area contributed by atoms with Gasteiger partial charge >= 0.3 is 5.97 Å². The average Bonchev–Trinajstić information content (AvgIpc) is 2.80. The van der Waals surface area contributed by atoms with Crippen LogP contribution in [0.25, 0.3) is 11.3 Å². The number of nitrogens with zero attached hydrogens (tertiary/aromatic N) is 2. The van der Waals surface area contributed by atoms with Crippen LogP contribution in [0.1, 0.15) is 28.5 Å². The molecule has 1 heterocycles. The number of aromatic nitrogens is 2. The van der Waals surface area contributed by atoms with Gasteiger partial charge in [0.25, 0.3) is 0 Å². The van der Waals surface area contributed by atoms with Gasteiger partial charge in [-0.05, 0) is 39.6 Å². The van der Waals surface area contributed by atoms with Crippen LogP contribution in [-0.2, 0) is 11.3 Å². The van der Waals surface area contributed by atoms with Crippen molar-refractivity contribution in [3.8, 4) is 11.3 Å². The topological polar surface area (TPSA) is 58.2 Å². The van der Waals surface area contributed by atoms with Gasteiger partial charge in [0.05, 0.1) is 6.61 Å². The molecule has 1 aromatic carbocycles. The highest BCUT2D eigenvalue weighted by Gasteiger charge is 2.24. The largest absolute Gasteiger partial charge is 0.462 e. The number of esters is 1. The van der Waals surface area contributed by atoms with Gasteiger partial charge in [0, 0.05) is 17.8 Å². The summed E-state index contributed by atoms with van der Waals surface area (Å²) >= 11 is 0. The molecule has 0 aliphatic heterocycles. The summed E-state index contributed by atoms with van der Waals surface area (Å²) in [6.45, 7) is 4.24. The minimum atomic E-state index is -0.497. The molecule has 1 N–H and O–H groups in total. The summed E-state index contributed by atoms with van der Waals surface area (Å²) in [5.74, 6) is -0.904. The van der Waals surface area contributed by atoms with E-state index >= 15 is 0 Å². The lowest BCUT2D eigenvalue weighted by Crippen LogP contribution is -2.13. The van der Waals surface area contributed by atoms with E-state index in [-0.39, 0.29) is 12.2 Å². The Hall–Kier alpha value is -2.21. The molecular formula is C16H20FN3O2. The molecule has 0 saturated heterocycles. The van der Waals surface area contributed by atoms with Crippen molar-refractivity contribution in [3.05, 3.63) is 40.8 Å². The predicted octanol–water partition coefficient (Wildman–Crippen LogP) is 2.76. The molecule has 0 amide bonds. The summed E-state index contributed by atoms with van der Waals surface area (Å²) in [5.41, 5.74) is 2.25. The number of halogens is 1. The molecule has 0 unspecified atom stereocenters. The smallest absolute Gasteiger partial charge is 0.342 e. The number of aromatic amines is 1. The summed E-state index contributed by atoms with van der Waals surface area (Å²) in [5, 5.41) is 6.89. The van der Waals surface area contributed by atoms with Crippen molar-refractivity contribution in [2.45, 2.75) is 20.4 Å². The quantitative estimate of drug-likeness (QED) is 0.863. The second-order valence-corrected chi connectivity index (χ2v) is 5.30. The number of hydrogen-bond acceptors (Lipinski definition) is 4. The first-order valence-corrected chi connectivity index (χ1v) is 7.10. The second-order valence-electron chi connectivity index (χ2n) is 5.30. The van der Waals surface area contributed by atoms with Crippen LogP contribution in [0.5, 0.6) is 0 Å². The minimum Gasteiger partial charge on any atom is -0.462 e. The van der Waals surface area contributed by atoms with Gasteiger partial charge in [-0.3, -0.25) is 5.10 Å². The normalized spacial score (nSPS) is 11.0. The van der Waals surface area contributed by atoms with Crippen LogP contribution in [0.3, 0.4) is 0 Å². The van der Waals surface area contributed by atoms with Crippen LogP contribution in [0, 0.1) is 12.7 Å². The molecule has 0 atom stereocenters. The lowest BCUT2D eigenvalue weighted by Gasteiger charge is -2.14. The first-order valence-electron chi connectivity index (χ1n) is 7.10. The van der Waals surface area contributed by atoms with Gasteiger partial charge in [-0.15, -0.1) is 0 Å². The Labute approximate surface area is 129 Å². The number of rotatable bonds is 5. The van der Waals surface area contributed by atoms with E-state index in [0.717, 1.165) is 5.56 Å². The first kappa shape index (κ1) is 16.2. The summed E-state index contributed by atoms with van der Waals surface area (Å²) in [7, 11) is 3.80. The Bertz CT molecular complexity index is 680. The third-order valence-corrected chi connectivity index (χ3v) is 3.25. The van der Waals surface area contributed by atoms with Gasteiger partial charge in [-0.1, -0.05) is 12.1 Å². The predicted molar refractivity (Wildman–Crippen MR) is 82.1 cm³/mol. The zero-order valence-electron chi connectivity index (χ0n) is 13.2. The molecule has 0 bridgehead atoms. The van der Waals surface area contributed by atoms with Gasteiger partial charge in [0.2, 0.25) is 0 Å². The Morgan fingerprint density at radius 1 is 1.41 bits per heavy atom.